The summed E-state index contributed by atoms with van der Waals surface area (Å²) in [6, 6.07) is 9.57. The van der Waals surface area contributed by atoms with Crippen molar-refractivity contribution in [1.82, 2.24) is 9.55 Å². The Labute approximate surface area is 152 Å². The van der Waals surface area contributed by atoms with Gasteiger partial charge in [-0.1, -0.05) is 36.9 Å². The third-order valence-electron chi connectivity index (χ3n) is 3.78. The lowest BCUT2D eigenvalue weighted by atomic mass is 10.1. The molecule has 0 aliphatic heterocycles. The third-order valence-corrected chi connectivity index (χ3v) is 3.78. The largest absolute Gasteiger partial charge is 0.512 e. The number of hydrogen-bond donors (Lipinski definition) is 0. The third kappa shape index (κ3) is 4.95. The predicted molar refractivity (Wildman–Crippen MR) is 94.6 cm³/mol. The van der Waals surface area contributed by atoms with Crippen molar-refractivity contribution in [3.8, 4) is 0 Å². The molecule has 1 atom stereocenters. The Hall–Kier alpha value is -3.09. The summed E-state index contributed by atoms with van der Waals surface area (Å²) in [7, 11) is 0. The Balaban J connectivity index is 1.94. The van der Waals surface area contributed by atoms with Crippen LogP contribution in [0.4, 0.5) is 4.79 Å². The summed E-state index contributed by atoms with van der Waals surface area (Å²) in [6.07, 6.45) is 3.47. The second-order valence-electron chi connectivity index (χ2n) is 6.13. The summed E-state index contributed by atoms with van der Waals surface area (Å²) in [5.74, 6) is -0.652. The number of esters is 1. The van der Waals surface area contributed by atoms with E-state index in [-0.39, 0.29) is 11.7 Å². The molecule has 0 amide bonds. The molecule has 1 aromatic carbocycles. The molecule has 0 radical (unpaired) electrons. The van der Waals surface area contributed by atoms with Crippen LogP contribution in [-0.2, 0) is 14.2 Å². The molecule has 1 aromatic heterocycles. The second kappa shape index (κ2) is 8.33. The van der Waals surface area contributed by atoms with Gasteiger partial charge >= 0.3 is 12.1 Å². The van der Waals surface area contributed by atoms with Crippen LogP contribution in [0.2, 0.25) is 0 Å². The Morgan fingerprint density at radius 2 is 1.96 bits per heavy atom. The lowest BCUT2D eigenvalue weighted by Gasteiger charge is -2.20. The molecule has 0 bridgehead atoms. The maximum atomic E-state index is 12.3. The fraction of sp³-hybridized carbons (Fsp3) is 0.316. The number of ether oxygens (including phenoxy) is 3. The topological polar surface area (TPSA) is 79.7 Å². The highest BCUT2D eigenvalue weighted by molar-refractivity contribution is 5.87. The van der Waals surface area contributed by atoms with Gasteiger partial charge in [0, 0.05) is 0 Å². The number of imidazole rings is 1. The van der Waals surface area contributed by atoms with Crippen LogP contribution < -0.4 is 0 Å². The summed E-state index contributed by atoms with van der Waals surface area (Å²) in [4.78, 5) is 27.8. The van der Waals surface area contributed by atoms with Crippen LogP contribution in [0.3, 0.4) is 0 Å². The summed E-state index contributed by atoms with van der Waals surface area (Å²) < 4.78 is 16.4. The molecule has 0 unspecified atom stereocenters. The molecular weight excluding hydrogens is 336 g/mol. The van der Waals surface area contributed by atoms with Crippen molar-refractivity contribution >= 4 is 12.1 Å². The van der Waals surface area contributed by atoms with Gasteiger partial charge < -0.3 is 18.8 Å². The molecule has 0 fully saturated rings. The van der Waals surface area contributed by atoms with Crippen molar-refractivity contribution in [2.45, 2.75) is 32.4 Å². The molecule has 7 heteroatoms. The zero-order chi connectivity index (χ0) is 19.2. The highest BCUT2D eigenvalue weighted by Crippen LogP contribution is 2.19. The SMILES string of the molecule is C=CC(C)(C)OC(=O)OCOC(=O)c1cncn1[C@H](C)c1ccccc1. The van der Waals surface area contributed by atoms with E-state index in [1.165, 1.54) is 12.3 Å². The van der Waals surface area contributed by atoms with E-state index in [4.69, 9.17) is 14.2 Å². The molecule has 0 aliphatic carbocycles. The van der Waals surface area contributed by atoms with E-state index in [0.717, 1.165) is 5.56 Å². The first-order valence-corrected chi connectivity index (χ1v) is 8.07. The molecule has 0 aliphatic rings. The molecule has 0 saturated heterocycles. The van der Waals surface area contributed by atoms with Crippen molar-refractivity contribution in [3.05, 3.63) is 66.8 Å². The molecule has 7 nitrogen and oxygen atoms in total. The van der Waals surface area contributed by atoms with E-state index in [0.29, 0.717) is 0 Å². The maximum Gasteiger partial charge on any atom is 0.512 e. The minimum atomic E-state index is -0.950. The van der Waals surface area contributed by atoms with E-state index in [9.17, 15) is 9.59 Å². The second-order valence-corrected chi connectivity index (χ2v) is 6.13. The molecule has 2 aromatic rings. The molecule has 0 saturated carbocycles. The average molecular weight is 358 g/mol. The molecule has 2 rings (SSSR count). The molecule has 138 valence electrons. The fourth-order valence-electron chi connectivity index (χ4n) is 2.15. The average Bonchev–Trinajstić information content (AvgIpc) is 3.11. The van der Waals surface area contributed by atoms with E-state index >= 15 is 0 Å². The van der Waals surface area contributed by atoms with Crippen molar-refractivity contribution in [2.24, 2.45) is 0 Å². The summed E-state index contributed by atoms with van der Waals surface area (Å²) in [6.45, 7) is 8.23. The van der Waals surface area contributed by atoms with Gasteiger partial charge in [-0.15, -0.1) is 0 Å². The number of aromatic nitrogens is 2. The predicted octanol–water partition coefficient (Wildman–Crippen LogP) is 3.72. The van der Waals surface area contributed by atoms with Crippen LogP contribution in [-0.4, -0.2) is 34.1 Å². The van der Waals surface area contributed by atoms with Gasteiger partial charge in [0.15, 0.2) is 0 Å². The van der Waals surface area contributed by atoms with Gasteiger partial charge in [0.05, 0.1) is 18.6 Å². The summed E-state index contributed by atoms with van der Waals surface area (Å²) in [5, 5.41) is 0. The molecule has 0 spiro atoms. The standard InChI is InChI=1S/C19H22N2O5/c1-5-19(3,4)26-18(23)25-13-24-17(22)16-11-20-12-21(16)14(2)15-9-7-6-8-10-15/h5-12,14H,1,13H2,2-4H3/t14-/m1/s1. The van der Waals surface area contributed by atoms with Gasteiger partial charge in [-0.2, -0.15) is 0 Å². The van der Waals surface area contributed by atoms with Crippen molar-refractivity contribution in [3.63, 3.8) is 0 Å². The highest BCUT2D eigenvalue weighted by atomic mass is 16.8. The lowest BCUT2D eigenvalue weighted by molar-refractivity contribution is -0.0466. The number of carbonyl (C=O) groups is 2. The minimum absolute atomic E-state index is 0.111. The molecule has 0 N–H and O–H groups in total. The van der Waals surface area contributed by atoms with E-state index < -0.39 is 24.5 Å². The molecule has 1 heterocycles. The van der Waals surface area contributed by atoms with Crippen LogP contribution in [0, 0.1) is 0 Å². The van der Waals surface area contributed by atoms with Gasteiger partial charge in [-0.3, -0.25) is 0 Å². The van der Waals surface area contributed by atoms with E-state index in [1.807, 2.05) is 37.3 Å². The Morgan fingerprint density at radius 1 is 1.27 bits per heavy atom. The smallest absolute Gasteiger partial charge is 0.424 e. The fourth-order valence-corrected chi connectivity index (χ4v) is 2.15. The minimum Gasteiger partial charge on any atom is -0.424 e. The van der Waals surface area contributed by atoms with Crippen LogP contribution in [0.15, 0.2) is 55.5 Å². The van der Waals surface area contributed by atoms with Gasteiger partial charge in [0.2, 0.25) is 6.79 Å². The first kappa shape index (κ1) is 19.2. The van der Waals surface area contributed by atoms with Gasteiger partial charge in [0.25, 0.3) is 0 Å². The number of carbonyl (C=O) groups excluding carboxylic acids is 2. The van der Waals surface area contributed by atoms with Crippen LogP contribution >= 0.6 is 0 Å². The number of benzene rings is 1. The Morgan fingerprint density at radius 3 is 2.62 bits per heavy atom. The van der Waals surface area contributed by atoms with Gasteiger partial charge in [-0.05, 0) is 32.4 Å². The summed E-state index contributed by atoms with van der Waals surface area (Å²) >= 11 is 0. The van der Waals surface area contributed by atoms with E-state index in [1.54, 1.807) is 24.7 Å². The molecule has 26 heavy (non-hydrogen) atoms. The first-order valence-electron chi connectivity index (χ1n) is 8.07. The van der Waals surface area contributed by atoms with Crippen molar-refractivity contribution in [2.75, 3.05) is 6.79 Å². The van der Waals surface area contributed by atoms with Gasteiger partial charge in [-0.25, -0.2) is 14.6 Å². The Kier molecular flexibility index (Phi) is 6.16. The maximum absolute atomic E-state index is 12.3. The lowest BCUT2D eigenvalue weighted by Crippen LogP contribution is -2.26. The zero-order valence-corrected chi connectivity index (χ0v) is 15.0. The van der Waals surface area contributed by atoms with Crippen molar-refractivity contribution < 1.29 is 23.8 Å². The van der Waals surface area contributed by atoms with Crippen LogP contribution in [0.1, 0.15) is 42.9 Å². The Bertz CT molecular complexity index is 767. The van der Waals surface area contributed by atoms with Crippen LogP contribution in [0.25, 0.3) is 0 Å². The highest BCUT2D eigenvalue weighted by Gasteiger charge is 2.21. The van der Waals surface area contributed by atoms with Gasteiger partial charge in [0.1, 0.15) is 11.3 Å². The summed E-state index contributed by atoms with van der Waals surface area (Å²) in [5.41, 5.74) is 0.404. The van der Waals surface area contributed by atoms with Crippen molar-refractivity contribution in [1.29, 1.82) is 0 Å². The molecular formula is C19H22N2O5. The van der Waals surface area contributed by atoms with Crippen LogP contribution in [0.5, 0.6) is 0 Å². The zero-order valence-electron chi connectivity index (χ0n) is 15.0. The number of rotatable bonds is 7. The van der Waals surface area contributed by atoms with E-state index in [2.05, 4.69) is 11.6 Å². The quantitative estimate of drug-likeness (QED) is 0.426. The normalized spacial score (nSPS) is 12.1. The first-order chi connectivity index (χ1) is 12.3. The number of hydrogen-bond acceptors (Lipinski definition) is 6. The number of nitrogens with zero attached hydrogens (tertiary/aromatic N) is 2. The monoisotopic (exact) mass is 358 g/mol.